The van der Waals surface area contributed by atoms with Crippen molar-refractivity contribution in [3.8, 4) is 6.07 Å². The number of alkyl halides is 1. The molecule has 62 valence electrons. The third kappa shape index (κ3) is 1.82. The second-order valence-corrected chi connectivity index (χ2v) is 2.65. The molecule has 0 fully saturated rings. The van der Waals surface area contributed by atoms with Gasteiger partial charge in [0, 0.05) is 0 Å². The van der Waals surface area contributed by atoms with Gasteiger partial charge in [0.25, 0.3) is 0 Å². The van der Waals surface area contributed by atoms with E-state index >= 15 is 0 Å². The molecule has 0 aliphatic rings. The predicted molar refractivity (Wildman–Crippen MR) is 45.3 cm³/mol. The van der Waals surface area contributed by atoms with E-state index in [0.717, 1.165) is 5.56 Å². The maximum atomic E-state index is 12.9. The Balaban J connectivity index is 3.02. The Kier molecular flexibility index (Phi) is 2.82. The van der Waals surface area contributed by atoms with Gasteiger partial charge in [-0.1, -0.05) is 24.3 Å². The quantitative estimate of drug-likeness (QED) is 0.657. The smallest absolute Gasteiger partial charge is 0.123 e. The van der Waals surface area contributed by atoms with Gasteiger partial charge in [0.2, 0.25) is 0 Å². The van der Waals surface area contributed by atoms with E-state index in [4.69, 9.17) is 5.26 Å². The summed E-state index contributed by atoms with van der Waals surface area (Å²) < 4.78 is 12.9. The Morgan fingerprint density at radius 1 is 1.50 bits per heavy atom. The highest BCUT2D eigenvalue weighted by atomic mass is 19.1. The van der Waals surface area contributed by atoms with Crippen LogP contribution in [0.15, 0.2) is 24.3 Å². The molecule has 0 heterocycles. The minimum absolute atomic E-state index is 0.282. The first-order valence-electron chi connectivity index (χ1n) is 3.84. The Morgan fingerprint density at radius 2 is 2.17 bits per heavy atom. The van der Waals surface area contributed by atoms with Crippen molar-refractivity contribution >= 4 is 0 Å². The number of nitrogens with zero attached hydrogens (tertiary/aromatic N) is 1. The first-order chi connectivity index (χ1) is 5.75. The minimum atomic E-state index is -0.991. The van der Waals surface area contributed by atoms with Crippen molar-refractivity contribution < 1.29 is 4.39 Å². The Hall–Kier alpha value is -1.36. The zero-order valence-electron chi connectivity index (χ0n) is 6.92. The van der Waals surface area contributed by atoms with Gasteiger partial charge in [-0.05, 0) is 18.1 Å². The Bertz CT molecular complexity index is 299. The minimum Gasteiger partial charge on any atom is -0.243 e. The SMILES string of the molecule is CC(F)c1ccccc1CC#N. The number of benzene rings is 1. The number of halogens is 1. The first-order valence-corrected chi connectivity index (χ1v) is 3.84. The molecule has 0 aliphatic heterocycles. The topological polar surface area (TPSA) is 23.8 Å². The summed E-state index contributed by atoms with van der Waals surface area (Å²) in [5.41, 5.74) is 1.41. The van der Waals surface area contributed by atoms with Gasteiger partial charge in [-0.25, -0.2) is 4.39 Å². The van der Waals surface area contributed by atoms with Crippen LogP contribution in [0, 0.1) is 11.3 Å². The molecule has 1 unspecified atom stereocenters. The maximum Gasteiger partial charge on any atom is 0.123 e. The third-order valence-electron chi connectivity index (χ3n) is 1.75. The highest BCUT2D eigenvalue weighted by molar-refractivity contribution is 5.30. The monoisotopic (exact) mass is 163 g/mol. The van der Waals surface area contributed by atoms with Crippen molar-refractivity contribution in [2.75, 3.05) is 0 Å². The molecular weight excluding hydrogens is 153 g/mol. The van der Waals surface area contributed by atoms with Crippen LogP contribution < -0.4 is 0 Å². The lowest BCUT2D eigenvalue weighted by Crippen LogP contribution is -1.93. The van der Waals surface area contributed by atoms with Crippen LogP contribution in [-0.2, 0) is 6.42 Å². The molecule has 1 atom stereocenters. The largest absolute Gasteiger partial charge is 0.243 e. The lowest BCUT2D eigenvalue weighted by atomic mass is 10.0. The van der Waals surface area contributed by atoms with Crippen molar-refractivity contribution in [3.05, 3.63) is 35.4 Å². The molecule has 0 saturated heterocycles. The lowest BCUT2D eigenvalue weighted by Gasteiger charge is -2.06. The van der Waals surface area contributed by atoms with E-state index in [0.29, 0.717) is 5.56 Å². The van der Waals surface area contributed by atoms with Crippen molar-refractivity contribution in [3.63, 3.8) is 0 Å². The van der Waals surface area contributed by atoms with E-state index in [1.54, 1.807) is 18.2 Å². The van der Waals surface area contributed by atoms with Gasteiger partial charge in [0.15, 0.2) is 0 Å². The molecule has 1 aromatic carbocycles. The van der Waals surface area contributed by atoms with Crippen LogP contribution in [0.25, 0.3) is 0 Å². The number of hydrogen-bond donors (Lipinski definition) is 0. The van der Waals surface area contributed by atoms with Crippen LogP contribution in [-0.4, -0.2) is 0 Å². The third-order valence-corrected chi connectivity index (χ3v) is 1.75. The van der Waals surface area contributed by atoms with Gasteiger partial charge in [0.1, 0.15) is 6.17 Å². The van der Waals surface area contributed by atoms with Crippen LogP contribution in [0.2, 0.25) is 0 Å². The summed E-state index contributed by atoms with van der Waals surface area (Å²) in [6, 6.07) is 9.12. The van der Waals surface area contributed by atoms with E-state index in [-0.39, 0.29) is 6.42 Å². The number of nitriles is 1. The normalized spacial score (nSPS) is 12.1. The molecule has 1 aromatic rings. The maximum absolute atomic E-state index is 12.9. The summed E-state index contributed by atoms with van der Waals surface area (Å²) in [4.78, 5) is 0. The van der Waals surface area contributed by atoms with Crippen molar-refractivity contribution in [1.82, 2.24) is 0 Å². The highest BCUT2D eigenvalue weighted by Crippen LogP contribution is 2.20. The molecule has 0 N–H and O–H groups in total. The molecule has 0 radical (unpaired) electrons. The van der Waals surface area contributed by atoms with Crippen LogP contribution in [0.5, 0.6) is 0 Å². The van der Waals surface area contributed by atoms with Gasteiger partial charge in [-0.3, -0.25) is 0 Å². The van der Waals surface area contributed by atoms with E-state index in [9.17, 15) is 4.39 Å². The zero-order chi connectivity index (χ0) is 8.97. The van der Waals surface area contributed by atoms with Crippen LogP contribution in [0.1, 0.15) is 24.2 Å². The zero-order valence-corrected chi connectivity index (χ0v) is 6.92. The van der Waals surface area contributed by atoms with Gasteiger partial charge in [0.05, 0.1) is 12.5 Å². The summed E-state index contributed by atoms with van der Waals surface area (Å²) in [5.74, 6) is 0. The lowest BCUT2D eigenvalue weighted by molar-refractivity contribution is 0.372. The second kappa shape index (κ2) is 3.87. The summed E-state index contributed by atoms with van der Waals surface area (Å²) in [7, 11) is 0. The van der Waals surface area contributed by atoms with Crippen LogP contribution >= 0.6 is 0 Å². The standard InChI is InChI=1S/C10H10FN/c1-8(11)10-5-3-2-4-9(10)6-7-12/h2-5,8H,6H2,1H3. The van der Waals surface area contributed by atoms with Gasteiger partial charge < -0.3 is 0 Å². The fraction of sp³-hybridized carbons (Fsp3) is 0.300. The summed E-state index contributed by atoms with van der Waals surface area (Å²) in [6.45, 7) is 1.48. The van der Waals surface area contributed by atoms with Gasteiger partial charge in [-0.2, -0.15) is 5.26 Å². The van der Waals surface area contributed by atoms with Crippen LogP contribution in [0.3, 0.4) is 0 Å². The number of rotatable bonds is 2. The highest BCUT2D eigenvalue weighted by Gasteiger charge is 2.07. The van der Waals surface area contributed by atoms with Crippen LogP contribution in [0.4, 0.5) is 4.39 Å². The first kappa shape index (κ1) is 8.73. The molecule has 12 heavy (non-hydrogen) atoms. The van der Waals surface area contributed by atoms with Gasteiger partial charge in [-0.15, -0.1) is 0 Å². The fourth-order valence-corrected chi connectivity index (χ4v) is 1.17. The molecule has 1 rings (SSSR count). The van der Waals surface area contributed by atoms with Crippen molar-refractivity contribution in [2.45, 2.75) is 19.5 Å². The van der Waals surface area contributed by atoms with Crippen molar-refractivity contribution in [2.24, 2.45) is 0 Å². The molecular formula is C10H10FN. The summed E-state index contributed by atoms with van der Waals surface area (Å²) in [6.07, 6.45) is -0.709. The molecule has 0 aliphatic carbocycles. The summed E-state index contributed by atoms with van der Waals surface area (Å²) >= 11 is 0. The second-order valence-electron chi connectivity index (χ2n) is 2.65. The number of hydrogen-bond acceptors (Lipinski definition) is 1. The summed E-state index contributed by atoms with van der Waals surface area (Å²) in [5, 5.41) is 8.45. The fourth-order valence-electron chi connectivity index (χ4n) is 1.17. The van der Waals surface area contributed by atoms with E-state index in [1.807, 2.05) is 12.1 Å². The van der Waals surface area contributed by atoms with E-state index in [2.05, 4.69) is 0 Å². The average Bonchev–Trinajstić information content (AvgIpc) is 2.05. The average molecular weight is 163 g/mol. The molecule has 0 amide bonds. The molecule has 0 saturated carbocycles. The van der Waals surface area contributed by atoms with E-state index in [1.165, 1.54) is 6.92 Å². The van der Waals surface area contributed by atoms with Crippen molar-refractivity contribution in [1.29, 1.82) is 5.26 Å². The molecule has 2 heteroatoms. The predicted octanol–water partition coefficient (Wildman–Crippen LogP) is 2.78. The molecule has 0 bridgehead atoms. The Morgan fingerprint density at radius 3 is 2.75 bits per heavy atom. The van der Waals surface area contributed by atoms with Gasteiger partial charge >= 0.3 is 0 Å². The molecule has 0 aromatic heterocycles. The Labute approximate surface area is 71.4 Å². The van der Waals surface area contributed by atoms with E-state index < -0.39 is 6.17 Å². The molecule has 1 nitrogen and oxygen atoms in total. The molecule has 0 spiro atoms.